The fourth-order valence-corrected chi connectivity index (χ4v) is 10.7. The van der Waals surface area contributed by atoms with Gasteiger partial charge in [0.05, 0.1) is 0 Å². The van der Waals surface area contributed by atoms with Crippen molar-refractivity contribution >= 4 is 45.8 Å². The highest BCUT2D eigenvalue weighted by molar-refractivity contribution is 5.93. The van der Waals surface area contributed by atoms with Gasteiger partial charge < -0.3 is 9.80 Å². The molecule has 0 saturated heterocycles. The minimum Gasteiger partial charge on any atom is -0.310 e. The summed E-state index contributed by atoms with van der Waals surface area (Å²) in [5.41, 5.74) is 24.2. The molecule has 306 valence electrons. The van der Waals surface area contributed by atoms with Crippen molar-refractivity contribution in [1.29, 1.82) is 0 Å². The zero-order valence-corrected chi connectivity index (χ0v) is 37.4. The number of allylic oxidation sites excluding steroid dienone is 5. The Morgan fingerprint density at radius 3 is 1.45 bits per heavy atom. The monoisotopic (exact) mass is 804 g/mol. The third-order valence-electron chi connectivity index (χ3n) is 13.6. The molecule has 0 heterocycles. The summed E-state index contributed by atoms with van der Waals surface area (Å²) in [6.07, 6.45) is 10.8. The quantitative estimate of drug-likeness (QED) is 0.151. The normalized spacial score (nSPS) is 16.5. The van der Waals surface area contributed by atoms with E-state index in [4.69, 9.17) is 0 Å². The molecular formula is C60H56N2. The molecule has 0 amide bonds. The number of hydrogen-bond acceptors (Lipinski definition) is 2. The molecule has 1 unspecified atom stereocenters. The van der Waals surface area contributed by atoms with E-state index in [-0.39, 0.29) is 10.8 Å². The topological polar surface area (TPSA) is 6.48 Å². The van der Waals surface area contributed by atoms with Crippen LogP contribution in [-0.4, -0.2) is 0 Å². The average molecular weight is 805 g/mol. The van der Waals surface area contributed by atoms with Gasteiger partial charge in [-0.1, -0.05) is 131 Å². The van der Waals surface area contributed by atoms with Gasteiger partial charge in [0.15, 0.2) is 0 Å². The van der Waals surface area contributed by atoms with Crippen molar-refractivity contribution < 1.29 is 0 Å². The van der Waals surface area contributed by atoms with Crippen LogP contribution in [0.2, 0.25) is 0 Å². The molecule has 0 aromatic heterocycles. The summed E-state index contributed by atoms with van der Waals surface area (Å²) < 4.78 is 0. The van der Waals surface area contributed by atoms with Gasteiger partial charge in [-0.2, -0.15) is 0 Å². The average Bonchev–Trinajstić information content (AvgIpc) is 3.61. The minimum absolute atomic E-state index is 0.120. The first-order valence-corrected chi connectivity index (χ1v) is 22.3. The SMILES string of the molecule is Cc1cc(C)cc(N(c2ccccc2)c2ccc3c(c2)C(C)(C)C2=CC(/C=C/c4ccc5c(c4)C(C)(C)c4cc(N(c6ccccc6)c6cc(C)cc(C)c6)ccc4-5)CC=C23)c1. The Balaban J connectivity index is 0.931. The van der Waals surface area contributed by atoms with Crippen LogP contribution in [0.4, 0.5) is 34.1 Å². The number of anilines is 6. The van der Waals surface area contributed by atoms with E-state index in [1.165, 1.54) is 101 Å². The van der Waals surface area contributed by atoms with Crippen molar-refractivity contribution in [2.75, 3.05) is 9.80 Å². The number of para-hydroxylation sites is 2. The third-order valence-corrected chi connectivity index (χ3v) is 13.6. The largest absolute Gasteiger partial charge is 0.310 e. The minimum atomic E-state index is -0.146. The van der Waals surface area contributed by atoms with E-state index in [1.54, 1.807) is 0 Å². The first kappa shape index (κ1) is 39.5. The Morgan fingerprint density at radius 2 is 0.919 bits per heavy atom. The molecule has 2 nitrogen and oxygen atoms in total. The summed E-state index contributed by atoms with van der Waals surface area (Å²) in [4.78, 5) is 4.81. The second-order valence-electron chi connectivity index (χ2n) is 19.0. The Hall–Kier alpha value is -6.64. The predicted octanol–water partition coefficient (Wildman–Crippen LogP) is 16.5. The van der Waals surface area contributed by atoms with Crippen molar-refractivity contribution in [3.8, 4) is 11.1 Å². The van der Waals surface area contributed by atoms with E-state index in [0.29, 0.717) is 5.92 Å². The number of rotatable bonds is 8. The van der Waals surface area contributed by atoms with E-state index in [9.17, 15) is 0 Å². The fraction of sp³-hybridized carbons (Fsp3) is 0.200. The number of nitrogens with zero attached hydrogens (tertiary/aromatic N) is 2. The smallest absolute Gasteiger partial charge is 0.0466 e. The maximum atomic E-state index is 2.55. The summed E-state index contributed by atoms with van der Waals surface area (Å²) in [6, 6.07) is 56.5. The van der Waals surface area contributed by atoms with E-state index in [2.05, 4.69) is 241 Å². The van der Waals surface area contributed by atoms with Gasteiger partial charge in [-0.15, -0.1) is 0 Å². The highest BCUT2D eigenvalue weighted by atomic mass is 15.1. The summed E-state index contributed by atoms with van der Waals surface area (Å²) in [7, 11) is 0. The Bertz CT molecular complexity index is 2940. The van der Waals surface area contributed by atoms with Crippen molar-refractivity contribution in [3.63, 3.8) is 0 Å². The summed E-state index contributed by atoms with van der Waals surface area (Å²) in [5.74, 6) is 0.327. The standard InChI is InChI=1S/C60H56N2/c1-39-29-40(2)32-49(31-39)61(45-15-11-9-12-16-45)47-23-27-53-51-25-21-43(35-55(51)59(5,6)57(53)37-47)19-20-44-22-26-52-54-28-24-48(38-58(54)60(7,8)56(52)36-44)62(46-17-13-10-14-18-46)50-33-41(3)30-42(4)34-50/h9-21,23-38,44H,22H2,1-8H3/b20-19+. The van der Waals surface area contributed by atoms with Crippen LogP contribution < -0.4 is 9.80 Å². The fourth-order valence-electron chi connectivity index (χ4n) is 10.7. The van der Waals surface area contributed by atoms with Gasteiger partial charge in [0, 0.05) is 45.0 Å². The number of fused-ring (bicyclic) bond motifs is 6. The molecule has 62 heavy (non-hydrogen) atoms. The summed E-state index contributed by atoms with van der Waals surface area (Å²) in [6.45, 7) is 18.3. The molecule has 0 radical (unpaired) electrons. The molecule has 0 bridgehead atoms. The predicted molar refractivity (Wildman–Crippen MR) is 265 cm³/mol. The van der Waals surface area contributed by atoms with Gasteiger partial charge in [0.1, 0.15) is 0 Å². The van der Waals surface area contributed by atoms with Gasteiger partial charge in [0.2, 0.25) is 0 Å². The molecular weight excluding hydrogens is 749 g/mol. The Morgan fingerprint density at radius 1 is 0.452 bits per heavy atom. The molecule has 0 aliphatic heterocycles. The van der Waals surface area contributed by atoms with E-state index in [1.807, 2.05) is 0 Å². The Kier molecular flexibility index (Phi) is 9.60. The first-order chi connectivity index (χ1) is 29.8. The molecule has 2 heteroatoms. The van der Waals surface area contributed by atoms with Crippen LogP contribution >= 0.6 is 0 Å². The summed E-state index contributed by atoms with van der Waals surface area (Å²) >= 11 is 0. The maximum absolute atomic E-state index is 2.55. The van der Waals surface area contributed by atoms with E-state index >= 15 is 0 Å². The van der Waals surface area contributed by atoms with Crippen molar-refractivity contribution in [2.24, 2.45) is 5.92 Å². The first-order valence-electron chi connectivity index (χ1n) is 22.3. The van der Waals surface area contributed by atoms with Crippen LogP contribution in [0.5, 0.6) is 0 Å². The van der Waals surface area contributed by atoms with Gasteiger partial charge in [-0.3, -0.25) is 0 Å². The lowest BCUT2D eigenvalue weighted by atomic mass is 9.78. The molecule has 0 saturated carbocycles. The summed E-state index contributed by atoms with van der Waals surface area (Å²) in [5, 5.41) is 0. The van der Waals surface area contributed by atoms with E-state index in [0.717, 1.165) is 12.1 Å². The zero-order valence-electron chi connectivity index (χ0n) is 37.4. The molecule has 0 N–H and O–H groups in total. The molecule has 0 fully saturated rings. The molecule has 10 rings (SSSR count). The molecule has 1 atom stereocenters. The lowest BCUT2D eigenvalue weighted by Crippen LogP contribution is -2.18. The van der Waals surface area contributed by atoms with Crippen LogP contribution in [0, 0.1) is 33.6 Å². The lowest BCUT2D eigenvalue weighted by molar-refractivity contribution is 0.645. The van der Waals surface area contributed by atoms with Crippen molar-refractivity contribution in [2.45, 2.75) is 72.6 Å². The van der Waals surface area contributed by atoms with Crippen LogP contribution in [0.1, 0.15) is 84.2 Å². The number of benzene rings is 7. The van der Waals surface area contributed by atoms with Crippen LogP contribution in [0.25, 0.3) is 22.8 Å². The highest BCUT2D eigenvalue weighted by Crippen LogP contribution is 2.54. The van der Waals surface area contributed by atoms with Gasteiger partial charge in [0.25, 0.3) is 0 Å². The van der Waals surface area contributed by atoms with Gasteiger partial charge in [-0.25, -0.2) is 0 Å². The molecule has 3 aliphatic carbocycles. The van der Waals surface area contributed by atoms with E-state index < -0.39 is 0 Å². The third kappa shape index (κ3) is 6.83. The van der Waals surface area contributed by atoms with Gasteiger partial charge in [-0.05, 0) is 185 Å². The van der Waals surface area contributed by atoms with Crippen molar-refractivity contribution in [1.82, 2.24) is 0 Å². The van der Waals surface area contributed by atoms with Crippen molar-refractivity contribution in [3.05, 3.63) is 226 Å². The number of aryl methyl sites for hydroxylation is 4. The molecule has 0 spiro atoms. The molecule has 7 aromatic rings. The molecule has 7 aromatic carbocycles. The molecule has 3 aliphatic rings. The van der Waals surface area contributed by atoms with Crippen LogP contribution in [-0.2, 0) is 10.8 Å². The van der Waals surface area contributed by atoms with Gasteiger partial charge >= 0.3 is 0 Å². The maximum Gasteiger partial charge on any atom is 0.0466 e. The Labute approximate surface area is 369 Å². The zero-order chi connectivity index (χ0) is 42.9. The second-order valence-corrected chi connectivity index (χ2v) is 19.0. The van der Waals surface area contributed by atoms with Crippen LogP contribution in [0.3, 0.4) is 0 Å². The highest BCUT2D eigenvalue weighted by Gasteiger charge is 2.40. The second kappa shape index (κ2) is 15.1. The van der Waals surface area contributed by atoms with Crippen LogP contribution in [0.15, 0.2) is 175 Å². The number of hydrogen-bond donors (Lipinski definition) is 0. The lowest BCUT2D eigenvalue weighted by Gasteiger charge is -2.29.